The van der Waals surface area contributed by atoms with Crippen molar-refractivity contribution in [2.45, 2.75) is 245 Å². The zero-order valence-corrected chi connectivity index (χ0v) is 47.9. The largest absolute Gasteiger partial charge is 1.00 e. The molecule has 0 bridgehead atoms. The molecule has 16 nitrogen and oxygen atoms in total. The average molecular weight is 1040 g/mol. The maximum absolute atomic E-state index is 12.8. The van der Waals surface area contributed by atoms with Gasteiger partial charge >= 0.3 is 41.5 Å². The molecule has 0 spiro atoms. The molecule has 0 aromatic rings. The van der Waals surface area contributed by atoms with Crippen molar-refractivity contribution in [2.24, 2.45) is 5.92 Å². The summed E-state index contributed by atoms with van der Waals surface area (Å²) in [6.45, 7) is 4.31. The first-order valence-electron chi connectivity index (χ1n) is 27.8. The molecule has 1 aliphatic heterocycles. The molecule has 2 unspecified atom stereocenters. The van der Waals surface area contributed by atoms with Gasteiger partial charge in [-0.3, -0.25) is 38.2 Å². The van der Waals surface area contributed by atoms with Crippen molar-refractivity contribution >= 4 is 43.4 Å². The number of esters is 2. The molecule has 1 saturated heterocycles. The minimum atomic E-state index is -4.90. The minimum Gasteiger partial charge on any atom is -0.756 e. The second-order valence-corrected chi connectivity index (χ2v) is 20.7. The first-order valence-corrected chi connectivity index (χ1v) is 29.2. The molecular weight excluding hydrogens is 941 g/mol. The van der Waals surface area contributed by atoms with Gasteiger partial charge in [0.1, 0.15) is 13.2 Å². The third-order valence-corrected chi connectivity index (χ3v) is 13.6. The normalized spacial score (nSPS) is 14.8. The third kappa shape index (κ3) is 42.1. The average Bonchev–Trinajstić information content (AvgIpc) is 3.58. The molecule has 408 valence electrons. The number of imide groups is 1. The number of nitrogens with zero attached hydrogens (tertiary/aromatic N) is 1. The molecule has 0 saturated carbocycles. The van der Waals surface area contributed by atoms with Crippen molar-refractivity contribution in [2.75, 3.05) is 52.7 Å². The number of hydrogen-bond acceptors (Lipinski definition) is 13. The summed E-state index contributed by atoms with van der Waals surface area (Å²) in [5.41, 5.74) is 0. The first kappa shape index (κ1) is 69.1. The van der Waals surface area contributed by atoms with Gasteiger partial charge in [-0.25, -0.2) is 0 Å². The van der Waals surface area contributed by atoms with Crippen LogP contribution in [0.5, 0.6) is 0 Å². The number of amides is 4. The van der Waals surface area contributed by atoms with Crippen LogP contribution in [0.4, 0.5) is 0 Å². The minimum absolute atomic E-state index is 0. The monoisotopic (exact) mass is 1040 g/mol. The molecular formula is C53H97N3NaO13P. The van der Waals surface area contributed by atoms with Crippen molar-refractivity contribution in [3.8, 4) is 0 Å². The fourth-order valence-electron chi connectivity index (χ4n) is 8.32. The van der Waals surface area contributed by atoms with Gasteiger partial charge in [0.2, 0.25) is 23.6 Å². The third-order valence-electron chi connectivity index (χ3n) is 12.6. The van der Waals surface area contributed by atoms with E-state index >= 15 is 0 Å². The van der Waals surface area contributed by atoms with Crippen LogP contribution >= 0.6 is 7.82 Å². The summed E-state index contributed by atoms with van der Waals surface area (Å²) < 4.78 is 38.7. The van der Waals surface area contributed by atoms with Crippen LogP contribution in [0.25, 0.3) is 0 Å². The number of rotatable bonds is 50. The van der Waals surface area contributed by atoms with Gasteiger partial charge in [-0.2, -0.15) is 0 Å². The van der Waals surface area contributed by atoms with E-state index in [1.165, 1.54) is 141 Å². The Bertz CT molecular complexity index is 1440. The molecule has 3 atom stereocenters. The van der Waals surface area contributed by atoms with Crippen molar-refractivity contribution in [3.63, 3.8) is 0 Å². The Morgan fingerprint density at radius 3 is 1.46 bits per heavy atom. The van der Waals surface area contributed by atoms with E-state index < -0.39 is 45.0 Å². The van der Waals surface area contributed by atoms with Gasteiger partial charge in [0.25, 0.3) is 7.82 Å². The zero-order valence-electron chi connectivity index (χ0n) is 45.1. The summed E-state index contributed by atoms with van der Waals surface area (Å²) >= 11 is 0. The van der Waals surface area contributed by atoms with E-state index in [-0.39, 0.29) is 118 Å². The standard InChI is InChI=1S/C53H98N3O13P.Na/c1-4-6-8-10-12-14-16-18-20-22-24-26-28-30-32-34-51(60)66-43-47(69-52(61)35-33-31-29-27-25-23-21-19-17-15-13-11-9-7-5-2)44-68-70(63,64)67-41-38-55-49(58)45-65-40-37-54-48(57)36-39-56-50(59)42-46(3)53(56)62;/h46-47H,4-45H2,1-3H3,(H,54,57)(H,55,58)(H,63,64);/q;+1/p-1/t46?,47-;/m1./s1. The Hall–Kier alpha value is -1.91. The molecule has 18 heteroatoms. The van der Waals surface area contributed by atoms with E-state index in [0.717, 1.165) is 43.4 Å². The van der Waals surface area contributed by atoms with Gasteiger partial charge < -0.3 is 38.8 Å². The van der Waals surface area contributed by atoms with E-state index in [1.54, 1.807) is 6.92 Å². The summed E-state index contributed by atoms with van der Waals surface area (Å²) in [4.78, 5) is 87.2. The van der Waals surface area contributed by atoms with E-state index in [1.807, 2.05) is 0 Å². The van der Waals surface area contributed by atoms with Gasteiger partial charge in [-0.05, 0) is 12.8 Å². The predicted molar refractivity (Wildman–Crippen MR) is 271 cm³/mol. The number of unbranched alkanes of at least 4 members (excludes halogenated alkanes) is 28. The van der Waals surface area contributed by atoms with Crippen molar-refractivity contribution in [3.05, 3.63) is 0 Å². The van der Waals surface area contributed by atoms with E-state index in [2.05, 4.69) is 24.5 Å². The Morgan fingerprint density at radius 1 is 0.592 bits per heavy atom. The Balaban J connectivity index is 0.0000490. The van der Waals surface area contributed by atoms with E-state index in [4.69, 9.17) is 23.3 Å². The van der Waals surface area contributed by atoms with Gasteiger partial charge in [-0.15, -0.1) is 0 Å². The Morgan fingerprint density at radius 2 is 1.01 bits per heavy atom. The number of nitrogens with one attached hydrogen (secondary N) is 2. The van der Waals surface area contributed by atoms with E-state index in [9.17, 15) is 38.2 Å². The maximum atomic E-state index is 12.8. The first-order chi connectivity index (χ1) is 33.9. The van der Waals surface area contributed by atoms with E-state index in [0.29, 0.717) is 12.8 Å². The van der Waals surface area contributed by atoms with Gasteiger partial charge in [0.05, 0.1) is 19.8 Å². The summed E-state index contributed by atoms with van der Waals surface area (Å²) in [6, 6.07) is 0. The zero-order chi connectivity index (χ0) is 51.3. The number of carbonyl (C=O) groups excluding carboxylic acids is 6. The maximum Gasteiger partial charge on any atom is 1.00 e. The van der Waals surface area contributed by atoms with Crippen LogP contribution < -0.4 is 45.1 Å². The molecule has 2 N–H and O–H groups in total. The predicted octanol–water partition coefficient (Wildman–Crippen LogP) is 7.50. The molecule has 0 aromatic carbocycles. The van der Waals surface area contributed by atoms with Crippen LogP contribution in [0.1, 0.15) is 239 Å². The number of phosphoric acid groups is 1. The molecule has 1 aliphatic rings. The second kappa shape index (κ2) is 47.8. The topological polar surface area (TPSA) is 216 Å². The molecule has 71 heavy (non-hydrogen) atoms. The number of carbonyl (C=O) groups is 6. The van der Waals surface area contributed by atoms with Crippen molar-refractivity contribution in [1.29, 1.82) is 0 Å². The molecule has 1 fully saturated rings. The molecule has 0 aliphatic carbocycles. The Kier molecular flexibility index (Phi) is 46.5. The second-order valence-electron chi connectivity index (χ2n) is 19.3. The van der Waals surface area contributed by atoms with Gasteiger partial charge in [-0.1, -0.05) is 201 Å². The summed E-state index contributed by atoms with van der Waals surface area (Å²) in [5.74, 6) is -2.87. The molecule has 0 radical (unpaired) electrons. The Labute approximate surface area is 451 Å². The number of ether oxygens (including phenoxy) is 3. The van der Waals surface area contributed by atoms with Gasteiger partial charge in [0, 0.05) is 51.2 Å². The van der Waals surface area contributed by atoms with Crippen LogP contribution in [-0.4, -0.2) is 99.2 Å². The van der Waals surface area contributed by atoms with Crippen LogP contribution in [0.3, 0.4) is 0 Å². The number of hydrogen-bond donors (Lipinski definition) is 2. The van der Waals surface area contributed by atoms with Crippen LogP contribution in [0.15, 0.2) is 0 Å². The summed E-state index contributed by atoms with van der Waals surface area (Å²) in [6.07, 6.45) is 35.5. The molecule has 0 aromatic heterocycles. The van der Waals surface area contributed by atoms with Gasteiger partial charge in [0.15, 0.2) is 6.10 Å². The van der Waals surface area contributed by atoms with Crippen molar-refractivity contribution in [1.82, 2.24) is 15.5 Å². The number of likely N-dealkylation sites (tertiary alicyclic amines) is 1. The van der Waals surface area contributed by atoms with Crippen LogP contribution in [0.2, 0.25) is 0 Å². The quantitative estimate of drug-likeness (QED) is 0.0199. The van der Waals surface area contributed by atoms with Crippen LogP contribution in [0, 0.1) is 5.92 Å². The van der Waals surface area contributed by atoms with Crippen LogP contribution in [-0.2, 0) is 56.6 Å². The molecule has 1 rings (SSSR count). The SMILES string of the molecule is CCCCCCCCCCCCCCCCCC(=O)OC[C@H](COP(=O)([O-])OCCNC(=O)COCCNC(=O)CCN1C(=O)CC(C)C1=O)OC(=O)CCCCCCCCCCCCCCCCC.[Na+]. The fraction of sp³-hybridized carbons (Fsp3) is 0.887. The molecule has 4 amide bonds. The summed E-state index contributed by atoms with van der Waals surface area (Å²) in [5, 5.41) is 5.05. The summed E-state index contributed by atoms with van der Waals surface area (Å²) in [7, 11) is -4.90. The molecule has 1 heterocycles. The number of phosphoric ester groups is 1. The van der Waals surface area contributed by atoms with Crippen molar-refractivity contribution < 1.29 is 91.0 Å². The fourth-order valence-corrected chi connectivity index (χ4v) is 9.06. The smallest absolute Gasteiger partial charge is 0.756 e.